The average molecular weight is 434 g/mol. The normalized spacial score (nSPS) is 17.4. The molecular formula is C22H31N3O4S. The lowest BCUT2D eigenvalue weighted by molar-refractivity contribution is 0.0779. The summed E-state index contributed by atoms with van der Waals surface area (Å²) in [6.45, 7) is 9.38. The minimum Gasteiger partial charge on any atom is -0.452 e. The number of para-hydroxylation sites is 1. The minimum atomic E-state index is -3.73. The van der Waals surface area contributed by atoms with E-state index >= 15 is 0 Å². The van der Waals surface area contributed by atoms with Crippen molar-refractivity contribution in [2.75, 3.05) is 5.32 Å². The van der Waals surface area contributed by atoms with Crippen LogP contribution in [0.4, 0.5) is 10.5 Å². The average Bonchev–Trinajstić information content (AvgIpc) is 3.34. The van der Waals surface area contributed by atoms with E-state index in [0.29, 0.717) is 17.4 Å². The van der Waals surface area contributed by atoms with Crippen LogP contribution in [0.15, 0.2) is 40.0 Å². The molecule has 1 aromatic heterocycles. The Hall–Kier alpha value is -2.32. The first-order valence-electron chi connectivity index (χ1n) is 10.2. The number of hydrogen-bond acceptors (Lipinski definition) is 5. The fourth-order valence-corrected chi connectivity index (χ4v) is 4.44. The zero-order valence-electron chi connectivity index (χ0n) is 18.1. The number of hydrogen-bond donors (Lipinski definition) is 4. The van der Waals surface area contributed by atoms with Gasteiger partial charge in [0, 0.05) is 17.3 Å². The van der Waals surface area contributed by atoms with Crippen molar-refractivity contribution in [2.24, 2.45) is 5.92 Å². The first-order valence-corrected chi connectivity index (χ1v) is 11.8. The van der Waals surface area contributed by atoms with E-state index in [2.05, 4.69) is 30.8 Å². The fourth-order valence-electron chi connectivity index (χ4n) is 3.55. The number of urea groups is 1. The van der Waals surface area contributed by atoms with Crippen LogP contribution in [0.3, 0.4) is 0 Å². The number of benzene rings is 1. The van der Waals surface area contributed by atoms with Gasteiger partial charge < -0.3 is 14.8 Å². The van der Waals surface area contributed by atoms with E-state index in [4.69, 9.17) is 9.20 Å². The fraction of sp³-hybridized carbons (Fsp3) is 0.500. The molecule has 0 bridgehead atoms. The summed E-state index contributed by atoms with van der Waals surface area (Å²) in [7, 11) is -3.73. The zero-order chi connectivity index (χ0) is 22.3. The van der Waals surface area contributed by atoms with Crippen LogP contribution in [0.25, 0.3) is 0 Å². The molecule has 1 aromatic carbocycles. The third-order valence-corrected chi connectivity index (χ3v) is 6.86. The van der Waals surface area contributed by atoms with Crippen LogP contribution < -0.4 is 10.0 Å². The number of aliphatic hydroxyl groups is 1. The number of amides is 2. The summed E-state index contributed by atoms with van der Waals surface area (Å²) >= 11 is 0. The highest BCUT2D eigenvalue weighted by Gasteiger charge is 2.31. The lowest BCUT2D eigenvalue weighted by atomic mass is 9.89. The van der Waals surface area contributed by atoms with E-state index in [-0.39, 0.29) is 11.0 Å². The summed E-state index contributed by atoms with van der Waals surface area (Å²) in [6, 6.07) is 6.60. The van der Waals surface area contributed by atoms with Crippen LogP contribution in [0.5, 0.6) is 0 Å². The number of anilines is 1. The van der Waals surface area contributed by atoms with Crippen molar-refractivity contribution in [3.8, 4) is 0 Å². The molecule has 2 atom stereocenters. The second-order valence-corrected chi connectivity index (χ2v) is 10.6. The number of rotatable bonds is 7. The molecule has 7 nitrogen and oxygen atoms in total. The quantitative estimate of drug-likeness (QED) is 0.475. The van der Waals surface area contributed by atoms with E-state index in [0.717, 1.165) is 16.8 Å². The second-order valence-electron chi connectivity index (χ2n) is 8.92. The predicted octanol–water partition coefficient (Wildman–Crippen LogP) is 5.29. The molecule has 1 aliphatic carbocycles. The zero-order valence-corrected chi connectivity index (χ0v) is 18.9. The van der Waals surface area contributed by atoms with Crippen LogP contribution in [0.1, 0.15) is 76.0 Å². The van der Waals surface area contributed by atoms with Crippen molar-refractivity contribution < 1.29 is 18.5 Å². The highest BCUT2D eigenvalue weighted by molar-refractivity contribution is 7.91. The maximum absolute atomic E-state index is 12.8. The molecule has 8 heteroatoms. The molecule has 3 rings (SSSR count). The van der Waals surface area contributed by atoms with Crippen LogP contribution in [0.2, 0.25) is 0 Å². The van der Waals surface area contributed by atoms with Crippen molar-refractivity contribution in [1.29, 1.82) is 4.78 Å². The first-order chi connectivity index (χ1) is 13.9. The van der Waals surface area contributed by atoms with Crippen LogP contribution >= 0.6 is 0 Å². The van der Waals surface area contributed by atoms with Gasteiger partial charge in [-0.25, -0.2) is 18.5 Å². The molecule has 30 heavy (non-hydrogen) atoms. The van der Waals surface area contributed by atoms with Gasteiger partial charge in [0.2, 0.25) is 5.09 Å². The van der Waals surface area contributed by atoms with Gasteiger partial charge in [0.25, 0.3) is 0 Å². The Kier molecular flexibility index (Phi) is 6.02. The minimum absolute atomic E-state index is 0.187. The van der Waals surface area contributed by atoms with Crippen LogP contribution in [0, 0.1) is 10.7 Å². The lowest BCUT2D eigenvalue weighted by Gasteiger charge is -2.22. The van der Waals surface area contributed by atoms with Gasteiger partial charge in [0.05, 0.1) is 11.9 Å². The molecule has 164 valence electrons. The van der Waals surface area contributed by atoms with Gasteiger partial charge in [0.1, 0.15) is 0 Å². The highest BCUT2D eigenvalue weighted by Crippen LogP contribution is 2.45. The molecule has 2 aromatic rings. The SMILES string of the molecule is CC(C)c1cccc([C@H](C)C2CC2)c1NC(=O)NS(=N)(=O)c1cc(C(C)(C)O)co1. The molecule has 0 spiro atoms. The molecule has 4 N–H and O–H groups in total. The van der Waals surface area contributed by atoms with Gasteiger partial charge in [0.15, 0.2) is 9.92 Å². The summed E-state index contributed by atoms with van der Waals surface area (Å²) in [5.74, 6) is 1.10. The van der Waals surface area contributed by atoms with Gasteiger partial charge in [-0.05, 0) is 55.6 Å². The smallest absolute Gasteiger partial charge is 0.332 e. The number of carbonyl (C=O) groups excluding carboxylic acids is 1. The molecule has 1 heterocycles. The van der Waals surface area contributed by atoms with E-state index in [1.165, 1.54) is 25.2 Å². The summed E-state index contributed by atoms with van der Waals surface area (Å²) in [4.78, 5) is 12.7. The topological polar surface area (TPSA) is 115 Å². The maximum atomic E-state index is 12.8. The lowest BCUT2D eigenvalue weighted by Crippen LogP contribution is -2.34. The van der Waals surface area contributed by atoms with Gasteiger partial charge in [-0.15, -0.1) is 0 Å². The monoisotopic (exact) mass is 433 g/mol. The van der Waals surface area contributed by atoms with Crippen LogP contribution in [-0.4, -0.2) is 15.3 Å². The van der Waals surface area contributed by atoms with E-state index in [1.54, 1.807) is 13.8 Å². The second kappa shape index (κ2) is 8.07. The molecule has 2 amide bonds. The van der Waals surface area contributed by atoms with E-state index in [9.17, 15) is 14.1 Å². The predicted molar refractivity (Wildman–Crippen MR) is 117 cm³/mol. The number of carbonyl (C=O) groups is 1. The Morgan fingerprint density at radius 3 is 2.43 bits per heavy atom. The maximum Gasteiger partial charge on any atom is 0.332 e. The summed E-state index contributed by atoms with van der Waals surface area (Å²) < 4.78 is 28.4. The Balaban J connectivity index is 1.84. The molecule has 1 fully saturated rings. The third kappa shape index (κ3) is 4.87. The van der Waals surface area contributed by atoms with Gasteiger partial charge >= 0.3 is 6.03 Å². The number of furan rings is 1. The van der Waals surface area contributed by atoms with E-state index in [1.807, 2.05) is 18.2 Å². The highest BCUT2D eigenvalue weighted by atomic mass is 32.2. The van der Waals surface area contributed by atoms with Crippen molar-refractivity contribution >= 4 is 21.6 Å². The number of nitrogens with one attached hydrogen (secondary N) is 3. The van der Waals surface area contributed by atoms with Crippen molar-refractivity contribution in [1.82, 2.24) is 4.72 Å². The molecule has 1 unspecified atom stereocenters. The molecule has 0 radical (unpaired) electrons. The van der Waals surface area contributed by atoms with Crippen LogP contribution in [-0.2, 0) is 15.5 Å². The van der Waals surface area contributed by atoms with Gasteiger partial charge in [-0.1, -0.05) is 39.0 Å². The third-order valence-electron chi connectivity index (χ3n) is 5.61. The van der Waals surface area contributed by atoms with Crippen molar-refractivity contribution in [2.45, 2.75) is 70.0 Å². The Labute approximate surface area is 178 Å². The van der Waals surface area contributed by atoms with Crippen molar-refractivity contribution in [3.05, 3.63) is 47.2 Å². The summed E-state index contributed by atoms with van der Waals surface area (Å²) in [6.07, 6.45) is 3.61. The molecule has 1 aliphatic rings. The molecule has 0 aliphatic heterocycles. The molecular weight excluding hydrogens is 402 g/mol. The largest absolute Gasteiger partial charge is 0.452 e. The van der Waals surface area contributed by atoms with Gasteiger partial charge in [-0.2, -0.15) is 0 Å². The Morgan fingerprint density at radius 1 is 1.27 bits per heavy atom. The standard InChI is InChI=1S/C22H31N3O4S/c1-13(2)17-7-6-8-18(14(3)15-9-10-15)20(17)24-21(26)25-30(23,28)19-11-16(12-29-19)22(4,5)27/h6-8,11-15,27H,9-10H2,1-5H3,(H3,23,24,25,26,28)/t14-,30?/m1/s1. The molecule has 0 saturated heterocycles. The summed E-state index contributed by atoms with van der Waals surface area (Å²) in [5, 5.41) is 12.7. The van der Waals surface area contributed by atoms with E-state index < -0.39 is 21.5 Å². The van der Waals surface area contributed by atoms with Crippen molar-refractivity contribution in [3.63, 3.8) is 0 Å². The first kappa shape index (κ1) is 22.4. The Bertz CT molecular complexity index is 1030. The summed E-state index contributed by atoms with van der Waals surface area (Å²) in [5.41, 5.74) is 1.94. The molecule has 1 saturated carbocycles. The van der Waals surface area contributed by atoms with Gasteiger partial charge in [-0.3, -0.25) is 0 Å². The Morgan fingerprint density at radius 2 is 1.90 bits per heavy atom.